The smallest absolute Gasteiger partial charge is 0.333 e. The van der Waals surface area contributed by atoms with Gasteiger partial charge < -0.3 is 18.9 Å². The van der Waals surface area contributed by atoms with Crippen LogP contribution in [0.5, 0.6) is 0 Å². The summed E-state index contributed by atoms with van der Waals surface area (Å²) in [7, 11) is -3.16. The molecule has 0 unspecified atom stereocenters. The standard InChI is InChI=1S/C14H27NO7S/c1-4-23(17,18)15-5-6-19-7-8-20-9-10-21-11-12-22-14(16)13(2)3/h15H,2,4-12H2,1,3H3. The lowest BCUT2D eigenvalue weighted by Gasteiger charge is -2.08. The molecule has 0 fully saturated rings. The van der Waals surface area contributed by atoms with Gasteiger partial charge in [-0.1, -0.05) is 6.58 Å². The lowest BCUT2D eigenvalue weighted by molar-refractivity contribution is -0.140. The van der Waals surface area contributed by atoms with Gasteiger partial charge in [0, 0.05) is 12.1 Å². The van der Waals surface area contributed by atoms with E-state index in [2.05, 4.69) is 11.3 Å². The zero-order valence-corrected chi connectivity index (χ0v) is 14.7. The van der Waals surface area contributed by atoms with Crippen molar-refractivity contribution in [3.05, 3.63) is 12.2 Å². The summed E-state index contributed by atoms with van der Waals surface area (Å²) in [4.78, 5) is 11.0. The highest BCUT2D eigenvalue weighted by Gasteiger charge is 2.04. The predicted octanol–water partition coefficient (Wildman–Crippen LogP) is 0.0948. The molecule has 0 rings (SSSR count). The summed E-state index contributed by atoms with van der Waals surface area (Å²) >= 11 is 0. The molecule has 0 aromatic heterocycles. The molecule has 1 N–H and O–H groups in total. The summed E-state index contributed by atoms with van der Waals surface area (Å²) < 4.78 is 45.1. The first-order valence-electron chi connectivity index (χ1n) is 7.42. The van der Waals surface area contributed by atoms with Crippen LogP contribution in [-0.2, 0) is 33.8 Å². The van der Waals surface area contributed by atoms with E-state index in [-0.39, 0.29) is 18.9 Å². The van der Waals surface area contributed by atoms with Crippen LogP contribution in [0.25, 0.3) is 0 Å². The van der Waals surface area contributed by atoms with E-state index in [1.807, 2.05) is 0 Å². The number of nitrogens with one attached hydrogen (secondary N) is 1. The van der Waals surface area contributed by atoms with Crippen LogP contribution in [0, 0.1) is 0 Å². The topological polar surface area (TPSA) is 100 Å². The molecule has 0 bridgehead atoms. The monoisotopic (exact) mass is 353 g/mol. The number of hydrogen-bond donors (Lipinski definition) is 1. The molecule has 0 amide bonds. The third kappa shape index (κ3) is 14.3. The average molecular weight is 353 g/mol. The molecule has 9 heteroatoms. The highest BCUT2D eigenvalue weighted by atomic mass is 32.2. The van der Waals surface area contributed by atoms with Gasteiger partial charge in [0.15, 0.2) is 0 Å². The van der Waals surface area contributed by atoms with Crippen LogP contribution in [0.2, 0.25) is 0 Å². The fourth-order valence-corrected chi connectivity index (χ4v) is 1.83. The fraction of sp³-hybridized carbons (Fsp3) is 0.786. The normalized spacial score (nSPS) is 11.4. The van der Waals surface area contributed by atoms with Gasteiger partial charge >= 0.3 is 5.97 Å². The highest BCUT2D eigenvalue weighted by Crippen LogP contribution is 1.91. The quantitative estimate of drug-likeness (QED) is 0.253. The zero-order chi connectivity index (χ0) is 17.6. The molecule has 0 heterocycles. The van der Waals surface area contributed by atoms with Gasteiger partial charge in [-0.05, 0) is 13.8 Å². The third-order valence-electron chi connectivity index (χ3n) is 2.50. The lowest BCUT2D eigenvalue weighted by Crippen LogP contribution is -2.29. The number of sulfonamides is 1. The van der Waals surface area contributed by atoms with E-state index < -0.39 is 16.0 Å². The average Bonchev–Trinajstić information content (AvgIpc) is 2.51. The van der Waals surface area contributed by atoms with Crippen molar-refractivity contribution in [2.45, 2.75) is 13.8 Å². The van der Waals surface area contributed by atoms with Crippen molar-refractivity contribution in [3.63, 3.8) is 0 Å². The molecular weight excluding hydrogens is 326 g/mol. The van der Waals surface area contributed by atoms with Crippen molar-refractivity contribution >= 4 is 16.0 Å². The second-order valence-corrected chi connectivity index (χ2v) is 6.65. The zero-order valence-electron chi connectivity index (χ0n) is 13.8. The van der Waals surface area contributed by atoms with Crippen molar-refractivity contribution in [2.24, 2.45) is 0 Å². The molecule has 0 aromatic carbocycles. The lowest BCUT2D eigenvalue weighted by atomic mass is 10.4. The minimum Gasteiger partial charge on any atom is -0.460 e. The summed E-state index contributed by atoms with van der Waals surface area (Å²) in [5, 5.41) is 0. The molecule has 23 heavy (non-hydrogen) atoms. The van der Waals surface area contributed by atoms with Crippen molar-refractivity contribution in [3.8, 4) is 0 Å². The molecule has 0 aliphatic carbocycles. The molecule has 0 atom stereocenters. The van der Waals surface area contributed by atoms with Gasteiger partial charge in [0.25, 0.3) is 0 Å². The molecule has 136 valence electrons. The number of carbonyl (C=O) groups excluding carboxylic acids is 1. The van der Waals surface area contributed by atoms with E-state index in [9.17, 15) is 13.2 Å². The van der Waals surface area contributed by atoms with E-state index in [4.69, 9.17) is 18.9 Å². The number of carbonyl (C=O) groups is 1. The van der Waals surface area contributed by atoms with Gasteiger partial charge in [-0.15, -0.1) is 0 Å². The minimum absolute atomic E-state index is 0.0580. The van der Waals surface area contributed by atoms with Crippen LogP contribution in [0.3, 0.4) is 0 Å². The van der Waals surface area contributed by atoms with Gasteiger partial charge in [-0.25, -0.2) is 17.9 Å². The Kier molecular flexibility index (Phi) is 12.9. The van der Waals surface area contributed by atoms with E-state index in [1.165, 1.54) is 0 Å². The van der Waals surface area contributed by atoms with E-state index in [0.717, 1.165) is 0 Å². The summed E-state index contributed by atoms with van der Waals surface area (Å²) in [6, 6.07) is 0. The van der Waals surface area contributed by atoms with Crippen molar-refractivity contribution in [1.29, 1.82) is 0 Å². The van der Waals surface area contributed by atoms with Gasteiger partial charge in [0.1, 0.15) is 6.61 Å². The van der Waals surface area contributed by atoms with Crippen LogP contribution in [0.4, 0.5) is 0 Å². The Bertz CT molecular complexity index is 436. The number of rotatable bonds is 15. The number of hydrogen-bond acceptors (Lipinski definition) is 7. The van der Waals surface area contributed by atoms with Crippen LogP contribution in [-0.4, -0.2) is 72.9 Å². The molecule has 0 aliphatic rings. The summed E-state index contributed by atoms with van der Waals surface area (Å²) in [5.74, 6) is -0.370. The number of esters is 1. The fourth-order valence-electron chi connectivity index (χ4n) is 1.23. The van der Waals surface area contributed by atoms with Crippen LogP contribution in [0.1, 0.15) is 13.8 Å². The first kappa shape index (κ1) is 22.0. The van der Waals surface area contributed by atoms with Crippen LogP contribution < -0.4 is 4.72 Å². The summed E-state index contributed by atoms with van der Waals surface area (Å²) in [6.45, 7) is 9.23. The Labute approximate surface area is 138 Å². The highest BCUT2D eigenvalue weighted by molar-refractivity contribution is 7.89. The number of ether oxygens (including phenoxy) is 4. The summed E-state index contributed by atoms with van der Waals surface area (Å²) in [6.07, 6.45) is 0. The molecule has 8 nitrogen and oxygen atoms in total. The first-order chi connectivity index (χ1) is 10.9. The van der Waals surface area contributed by atoms with Gasteiger partial charge in [-0.3, -0.25) is 0 Å². The molecule has 0 radical (unpaired) electrons. The largest absolute Gasteiger partial charge is 0.460 e. The minimum atomic E-state index is -3.16. The Balaban J connectivity index is 3.22. The first-order valence-corrected chi connectivity index (χ1v) is 9.07. The van der Waals surface area contributed by atoms with Crippen LogP contribution >= 0.6 is 0 Å². The predicted molar refractivity (Wildman–Crippen MR) is 85.7 cm³/mol. The van der Waals surface area contributed by atoms with E-state index in [1.54, 1.807) is 13.8 Å². The van der Waals surface area contributed by atoms with Gasteiger partial charge in [0.2, 0.25) is 10.0 Å². The Morgan fingerprint density at radius 2 is 1.43 bits per heavy atom. The van der Waals surface area contributed by atoms with Crippen molar-refractivity contribution in [2.75, 3.05) is 58.5 Å². The third-order valence-corrected chi connectivity index (χ3v) is 3.91. The maximum absolute atomic E-state index is 11.1. The summed E-state index contributed by atoms with van der Waals surface area (Å²) in [5.41, 5.74) is 0.357. The van der Waals surface area contributed by atoms with Gasteiger partial charge in [0.05, 0.1) is 45.4 Å². The molecular formula is C14H27NO7S. The van der Waals surface area contributed by atoms with E-state index in [0.29, 0.717) is 45.2 Å². The van der Waals surface area contributed by atoms with Crippen molar-refractivity contribution < 1.29 is 32.2 Å². The Hall–Kier alpha value is -1.00. The Morgan fingerprint density at radius 1 is 0.957 bits per heavy atom. The molecule has 0 aromatic rings. The SMILES string of the molecule is C=C(C)C(=O)OCCOCCOCCOCCNS(=O)(=O)CC. The maximum Gasteiger partial charge on any atom is 0.333 e. The Morgan fingerprint density at radius 3 is 1.91 bits per heavy atom. The van der Waals surface area contributed by atoms with Crippen molar-refractivity contribution in [1.82, 2.24) is 4.72 Å². The van der Waals surface area contributed by atoms with Crippen LogP contribution in [0.15, 0.2) is 12.2 Å². The second kappa shape index (κ2) is 13.4. The molecule has 0 saturated heterocycles. The van der Waals surface area contributed by atoms with Gasteiger partial charge in [-0.2, -0.15) is 0 Å². The maximum atomic E-state index is 11.1. The molecule has 0 saturated carbocycles. The molecule has 0 spiro atoms. The molecule has 0 aliphatic heterocycles. The second-order valence-electron chi connectivity index (χ2n) is 4.55. The van der Waals surface area contributed by atoms with E-state index >= 15 is 0 Å².